The van der Waals surface area contributed by atoms with Gasteiger partial charge in [-0.2, -0.15) is 0 Å². The van der Waals surface area contributed by atoms with Gasteiger partial charge in [-0.05, 0) is 47.5 Å². The Kier molecular flexibility index (Phi) is 5.61. The molecule has 0 radical (unpaired) electrons. The van der Waals surface area contributed by atoms with E-state index in [9.17, 15) is 9.59 Å². The summed E-state index contributed by atoms with van der Waals surface area (Å²) in [4.78, 5) is 26.1. The first-order chi connectivity index (χ1) is 9.58. The van der Waals surface area contributed by atoms with Crippen molar-refractivity contribution < 1.29 is 23.8 Å². The Labute approximate surface area is 126 Å². The first-order valence-electron chi connectivity index (χ1n) is 7.26. The minimum Gasteiger partial charge on any atom is -0.467 e. The first-order valence-corrected chi connectivity index (χ1v) is 7.26. The van der Waals surface area contributed by atoms with E-state index in [0.29, 0.717) is 6.61 Å². The Hall–Kier alpha value is -1.30. The highest BCUT2D eigenvalue weighted by Crippen LogP contribution is 2.28. The number of methoxy groups -OCH3 is 1. The first kappa shape index (κ1) is 17.8. The molecule has 1 heterocycles. The molecule has 0 bridgehead atoms. The molecule has 0 aromatic carbocycles. The van der Waals surface area contributed by atoms with Crippen molar-refractivity contribution in [2.45, 2.75) is 64.6 Å². The Morgan fingerprint density at radius 3 is 2.43 bits per heavy atom. The van der Waals surface area contributed by atoms with Crippen molar-refractivity contribution in [1.82, 2.24) is 4.90 Å². The molecule has 1 amide bonds. The molecule has 122 valence electrons. The Bertz CT molecular complexity index is 386. The molecular weight excluding hydrogens is 274 g/mol. The maximum atomic E-state index is 12.6. The van der Waals surface area contributed by atoms with Crippen LogP contribution in [0.4, 0.5) is 4.79 Å². The molecule has 1 unspecified atom stereocenters. The molecule has 0 spiro atoms. The second kappa shape index (κ2) is 6.64. The van der Waals surface area contributed by atoms with Crippen LogP contribution in [-0.2, 0) is 19.0 Å². The van der Waals surface area contributed by atoms with Gasteiger partial charge in [0.25, 0.3) is 0 Å². The molecular formula is C15H27NO5. The summed E-state index contributed by atoms with van der Waals surface area (Å²) >= 11 is 0. The zero-order valence-electron chi connectivity index (χ0n) is 13.9. The largest absolute Gasteiger partial charge is 0.467 e. The molecule has 0 N–H and O–H groups in total. The highest BCUT2D eigenvalue weighted by molar-refractivity contribution is 5.82. The van der Waals surface area contributed by atoms with E-state index in [4.69, 9.17) is 14.2 Å². The fourth-order valence-corrected chi connectivity index (χ4v) is 2.41. The zero-order chi connectivity index (χ0) is 16.3. The van der Waals surface area contributed by atoms with Crippen LogP contribution in [0.2, 0.25) is 0 Å². The number of hydrogen-bond acceptors (Lipinski definition) is 5. The predicted molar refractivity (Wildman–Crippen MR) is 78.0 cm³/mol. The summed E-state index contributed by atoms with van der Waals surface area (Å²) in [6.07, 6.45) is 1.02. The molecule has 6 heteroatoms. The molecule has 1 aliphatic rings. The topological polar surface area (TPSA) is 65.1 Å². The summed E-state index contributed by atoms with van der Waals surface area (Å²) in [5.74, 6) is -0.490. The fourth-order valence-electron chi connectivity index (χ4n) is 2.41. The summed E-state index contributed by atoms with van der Waals surface area (Å²) in [6, 6.07) is -0.792. The van der Waals surface area contributed by atoms with Gasteiger partial charge < -0.3 is 14.2 Å². The predicted octanol–water partition coefficient (Wildman–Crippen LogP) is 2.35. The number of amides is 1. The molecule has 6 nitrogen and oxygen atoms in total. The van der Waals surface area contributed by atoms with Crippen LogP contribution in [0.25, 0.3) is 0 Å². The Morgan fingerprint density at radius 1 is 1.29 bits per heavy atom. The number of ether oxygens (including phenoxy) is 3. The summed E-state index contributed by atoms with van der Waals surface area (Å²) in [5, 5.41) is 0. The lowest BCUT2D eigenvalue weighted by Crippen LogP contribution is -2.59. The van der Waals surface area contributed by atoms with Gasteiger partial charge in [-0.1, -0.05) is 0 Å². The second-order valence-corrected chi connectivity index (χ2v) is 6.88. The highest BCUT2D eigenvalue weighted by Gasteiger charge is 2.43. The number of carbonyl (C=O) groups excluding carboxylic acids is 2. The molecule has 0 aliphatic carbocycles. The molecule has 21 heavy (non-hydrogen) atoms. The molecule has 1 rings (SSSR count). The van der Waals surface area contributed by atoms with Gasteiger partial charge in [-0.25, -0.2) is 9.59 Å². The molecule has 1 fully saturated rings. The molecule has 1 atom stereocenters. The third-order valence-electron chi connectivity index (χ3n) is 3.38. The monoisotopic (exact) mass is 301 g/mol. The van der Waals surface area contributed by atoms with E-state index in [1.54, 1.807) is 20.8 Å². The van der Waals surface area contributed by atoms with Crippen molar-refractivity contribution in [2.75, 3.05) is 20.3 Å². The van der Waals surface area contributed by atoms with E-state index in [2.05, 4.69) is 0 Å². The SMILES string of the molecule is COC(=O)C1COCCCC(C)(C)N1C(=O)OC(C)(C)C. The third-order valence-corrected chi connectivity index (χ3v) is 3.38. The van der Waals surface area contributed by atoms with Crippen molar-refractivity contribution in [3.63, 3.8) is 0 Å². The Morgan fingerprint density at radius 2 is 1.90 bits per heavy atom. The molecule has 0 aromatic rings. The van der Waals surface area contributed by atoms with Gasteiger partial charge in [0.1, 0.15) is 5.60 Å². The molecule has 1 saturated heterocycles. The van der Waals surface area contributed by atoms with Gasteiger partial charge in [0.05, 0.1) is 13.7 Å². The number of carbonyl (C=O) groups is 2. The quantitative estimate of drug-likeness (QED) is 0.696. The third kappa shape index (κ3) is 4.88. The second-order valence-electron chi connectivity index (χ2n) is 6.88. The van der Waals surface area contributed by atoms with Crippen LogP contribution >= 0.6 is 0 Å². The van der Waals surface area contributed by atoms with Gasteiger partial charge in [0, 0.05) is 12.1 Å². The van der Waals surface area contributed by atoms with Crippen LogP contribution in [-0.4, -0.2) is 54.5 Å². The summed E-state index contributed by atoms with van der Waals surface area (Å²) in [6.45, 7) is 9.94. The maximum Gasteiger partial charge on any atom is 0.411 e. The number of esters is 1. The number of nitrogens with zero attached hydrogens (tertiary/aromatic N) is 1. The van der Waals surface area contributed by atoms with E-state index < -0.39 is 29.2 Å². The number of rotatable bonds is 1. The van der Waals surface area contributed by atoms with Gasteiger partial charge in [0.2, 0.25) is 0 Å². The highest BCUT2D eigenvalue weighted by atomic mass is 16.6. The van der Waals surface area contributed by atoms with Gasteiger partial charge in [-0.15, -0.1) is 0 Å². The van der Waals surface area contributed by atoms with Crippen molar-refractivity contribution in [3.8, 4) is 0 Å². The van der Waals surface area contributed by atoms with Gasteiger partial charge in [-0.3, -0.25) is 4.90 Å². The van der Waals surface area contributed by atoms with Crippen LogP contribution in [0, 0.1) is 0 Å². The lowest BCUT2D eigenvalue weighted by molar-refractivity contribution is -0.153. The summed E-state index contributed by atoms with van der Waals surface area (Å²) < 4.78 is 15.7. The average molecular weight is 301 g/mol. The smallest absolute Gasteiger partial charge is 0.411 e. The van der Waals surface area contributed by atoms with E-state index in [1.165, 1.54) is 12.0 Å². The van der Waals surface area contributed by atoms with E-state index >= 15 is 0 Å². The molecule has 0 saturated carbocycles. The van der Waals surface area contributed by atoms with Crippen LogP contribution < -0.4 is 0 Å². The molecule has 1 aliphatic heterocycles. The lowest BCUT2D eigenvalue weighted by Gasteiger charge is -2.44. The minimum atomic E-state index is -0.792. The summed E-state index contributed by atoms with van der Waals surface area (Å²) in [5.41, 5.74) is -1.14. The molecule has 0 aromatic heterocycles. The van der Waals surface area contributed by atoms with E-state index in [1.807, 2.05) is 13.8 Å². The summed E-state index contributed by atoms with van der Waals surface area (Å²) in [7, 11) is 1.31. The van der Waals surface area contributed by atoms with Gasteiger partial charge >= 0.3 is 12.1 Å². The van der Waals surface area contributed by atoms with Crippen LogP contribution in [0.1, 0.15) is 47.5 Å². The van der Waals surface area contributed by atoms with Crippen molar-refractivity contribution >= 4 is 12.1 Å². The normalized spacial score (nSPS) is 23.0. The zero-order valence-corrected chi connectivity index (χ0v) is 13.9. The van der Waals surface area contributed by atoms with Crippen molar-refractivity contribution in [2.24, 2.45) is 0 Å². The Balaban J connectivity index is 3.10. The standard InChI is InChI=1S/C15H27NO5/c1-14(2,3)21-13(18)16-11(12(17)19-6)10-20-9-7-8-15(16,4)5/h11H,7-10H2,1-6H3. The minimum absolute atomic E-state index is 0.120. The van der Waals surface area contributed by atoms with Crippen LogP contribution in [0.3, 0.4) is 0 Å². The van der Waals surface area contributed by atoms with Crippen molar-refractivity contribution in [1.29, 1.82) is 0 Å². The maximum absolute atomic E-state index is 12.6. The van der Waals surface area contributed by atoms with Crippen LogP contribution in [0.15, 0.2) is 0 Å². The van der Waals surface area contributed by atoms with E-state index in [0.717, 1.165) is 12.8 Å². The average Bonchev–Trinajstić information content (AvgIpc) is 2.30. The fraction of sp³-hybridized carbons (Fsp3) is 0.867. The lowest BCUT2D eigenvalue weighted by atomic mass is 9.94. The van der Waals surface area contributed by atoms with E-state index in [-0.39, 0.29) is 6.61 Å². The van der Waals surface area contributed by atoms with Crippen LogP contribution in [0.5, 0.6) is 0 Å². The van der Waals surface area contributed by atoms with Gasteiger partial charge in [0.15, 0.2) is 6.04 Å². The number of hydrogen-bond donors (Lipinski definition) is 0. The van der Waals surface area contributed by atoms with Crippen molar-refractivity contribution in [3.05, 3.63) is 0 Å².